The lowest BCUT2D eigenvalue weighted by atomic mass is 9.75. The summed E-state index contributed by atoms with van der Waals surface area (Å²) in [5.74, 6) is 0.871. The van der Waals surface area contributed by atoms with Gasteiger partial charge in [-0.1, -0.05) is 237 Å². The van der Waals surface area contributed by atoms with Crippen molar-refractivity contribution >= 4 is 97.3 Å². The summed E-state index contributed by atoms with van der Waals surface area (Å²) in [7, 11) is 0. The molecule has 16 rings (SSSR count). The fraction of sp³-hybridized carbons (Fsp3) is 0.111. The monoisotopic (exact) mass is 1030 g/mol. The van der Waals surface area contributed by atoms with E-state index in [4.69, 9.17) is 0 Å². The molecule has 384 valence electrons. The smallest absolute Gasteiger partial charge is 0.00618 e. The van der Waals surface area contributed by atoms with Crippen LogP contribution in [0.3, 0.4) is 0 Å². The van der Waals surface area contributed by atoms with Crippen LogP contribution in [0.25, 0.3) is 131 Å². The molecule has 0 aromatic heterocycles. The largest absolute Gasteiger partial charge is 0.0991 e. The molecule has 0 fully saturated rings. The molecule has 0 heteroatoms. The van der Waals surface area contributed by atoms with E-state index in [0.29, 0.717) is 11.8 Å². The van der Waals surface area contributed by atoms with E-state index in [2.05, 4.69) is 262 Å². The molecular weight excluding hydrogens is 973 g/mol. The first-order valence-corrected chi connectivity index (χ1v) is 29.3. The molecule has 0 bridgehead atoms. The summed E-state index contributed by atoms with van der Waals surface area (Å²) in [6, 6.07) is 72.8. The first-order chi connectivity index (χ1) is 40.1. The minimum atomic E-state index is 0.145. The molecule has 3 unspecified atom stereocenters. The topological polar surface area (TPSA) is 0 Å². The molecule has 0 heterocycles. The van der Waals surface area contributed by atoms with E-state index in [1.807, 2.05) is 6.08 Å². The van der Waals surface area contributed by atoms with Crippen molar-refractivity contribution in [1.29, 1.82) is 0 Å². The first kappa shape index (κ1) is 47.6. The maximum absolute atomic E-state index is 4.13. The van der Waals surface area contributed by atoms with Crippen LogP contribution in [0.5, 0.6) is 0 Å². The minimum absolute atomic E-state index is 0.145. The predicted octanol–water partition coefficient (Wildman–Crippen LogP) is 22.9. The van der Waals surface area contributed by atoms with E-state index < -0.39 is 0 Å². The van der Waals surface area contributed by atoms with Crippen LogP contribution in [0.2, 0.25) is 0 Å². The molecule has 3 aliphatic rings. The summed E-state index contributed by atoms with van der Waals surface area (Å²) in [6.45, 7) is 6.35. The Kier molecular flexibility index (Phi) is 11.3. The Morgan fingerprint density at radius 1 is 0.457 bits per heavy atom. The van der Waals surface area contributed by atoms with E-state index in [9.17, 15) is 0 Å². The average Bonchev–Trinajstić information content (AvgIpc) is 3.42. The Bertz CT molecular complexity index is 4930. The van der Waals surface area contributed by atoms with E-state index in [-0.39, 0.29) is 5.92 Å². The molecule has 13 aromatic carbocycles. The van der Waals surface area contributed by atoms with Gasteiger partial charge in [0, 0.05) is 11.8 Å². The number of fused-ring (bicyclic) bond motifs is 10. The third-order valence-corrected chi connectivity index (χ3v) is 18.7. The maximum atomic E-state index is 4.13. The summed E-state index contributed by atoms with van der Waals surface area (Å²) in [5.41, 5.74) is 16.9. The van der Waals surface area contributed by atoms with Crippen molar-refractivity contribution < 1.29 is 0 Å². The van der Waals surface area contributed by atoms with Crippen LogP contribution in [0.15, 0.2) is 261 Å². The van der Waals surface area contributed by atoms with Crippen LogP contribution in [0.4, 0.5) is 0 Å². The highest BCUT2D eigenvalue weighted by Crippen LogP contribution is 2.57. The van der Waals surface area contributed by atoms with Gasteiger partial charge >= 0.3 is 0 Å². The van der Waals surface area contributed by atoms with Crippen LogP contribution in [0, 0.1) is 0 Å². The summed E-state index contributed by atoms with van der Waals surface area (Å²) < 4.78 is 0. The van der Waals surface area contributed by atoms with Gasteiger partial charge in [-0.15, -0.1) is 0 Å². The number of rotatable bonds is 9. The van der Waals surface area contributed by atoms with Gasteiger partial charge in [-0.25, -0.2) is 0 Å². The second-order valence-corrected chi connectivity index (χ2v) is 23.1. The van der Waals surface area contributed by atoms with Crippen molar-refractivity contribution in [3.63, 3.8) is 0 Å². The highest BCUT2D eigenvalue weighted by Gasteiger charge is 2.32. The van der Waals surface area contributed by atoms with Crippen molar-refractivity contribution in [3.8, 4) is 33.4 Å². The Balaban J connectivity index is 1.09. The Hall–Kier alpha value is -9.36. The third-order valence-electron chi connectivity index (χ3n) is 18.7. The molecule has 0 aliphatic heterocycles. The molecule has 0 saturated heterocycles. The van der Waals surface area contributed by atoms with Gasteiger partial charge in [0.15, 0.2) is 0 Å². The summed E-state index contributed by atoms with van der Waals surface area (Å²) in [4.78, 5) is 0. The molecule has 0 spiro atoms. The van der Waals surface area contributed by atoms with Gasteiger partial charge in [-0.3, -0.25) is 0 Å². The van der Waals surface area contributed by atoms with Crippen LogP contribution in [-0.2, 0) is 0 Å². The second kappa shape index (κ2) is 19.2. The van der Waals surface area contributed by atoms with Gasteiger partial charge in [0.25, 0.3) is 0 Å². The fourth-order valence-electron chi connectivity index (χ4n) is 15.2. The molecule has 0 N–H and O–H groups in total. The van der Waals surface area contributed by atoms with Crippen LogP contribution in [0.1, 0.15) is 84.6 Å². The first-order valence-electron chi connectivity index (χ1n) is 29.3. The van der Waals surface area contributed by atoms with Gasteiger partial charge in [-0.2, -0.15) is 0 Å². The zero-order valence-electron chi connectivity index (χ0n) is 45.7. The third kappa shape index (κ3) is 7.50. The zero-order chi connectivity index (χ0) is 53.7. The SMILES string of the molecule is C=CC=C(C)c1cccc(-c2c3cc4c5cc(-c6ccccc6C6C=CC=CC6)ccc5c5cccc(c3c(C3C=CCC(c6ccccc6)C3)c3c6cc7ccccc7c7c(-c8ccccc8C8=CCCC=C8)ccc(c23)c67)c54)c1. The van der Waals surface area contributed by atoms with Crippen molar-refractivity contribution in [2.45, 2.75) is 56.8 Å². The van der Waals surface area contributed by atoms with Gasteiger partial charge < -0.3 is 0 Å². The number of allylic oxidation sites excluding steroid dienone is 13. The van der Waals surface area contributed by atoms with Crippen molar-refractivity contribution in [2.75, 3.05) is 0 Å². The molecule has 13 aromatic rings. The normalized spacial score (nSPS) is 17.6. The molecule has 81 heavy (non-hydrogen) atoms. The van der Waals surface area contributed by atoms with Gasteiger partial charge in [0.1, 0.15) is 0 Å². The number of benzene rings is 11. The summed E-state index contributed by atoms with van der Waals surface area (Å²) >= 11 is 0. The highest BCUT2D eigenvalue weighted by molar-refractivity contribution is 6.44. The van der Waals surface area contributed by atoms with Crippen molar-refractivity contribution in [3.05, 3.63) is 289 Å². The summed E-state index contributed by atoms with van der Waals surface area (Å²) in [6.07, 6.45) is 30.5. The van der Waals surface area contributed by atoms with E-state index in [0.717, 1.165) is 32.1 Å². The fourth-order valence-corrected chi connectivity index (χ4v) is 15.2. The standard InChI is InChI=1S/C81H60/c1-3-22-50(2)54-30-19-32-58(45-54)74-73-49-71-70-47-57(62-36-16-15-34-60(62)52-25-9-5-10-26-52)41-42-65(70)66-39-21-40-68(76(66)71)78(73)75(59-33-20-31-55(46-59)51-23-7-4-8-24-51)81-72-48-56-29-13-14-37-63(56)77-67(43-44-69(79(72)77)80(74)81)64-38-18-17-35-61(64)53-27-11-6-12-28-53/h3-5,7-11,13-25,27-30,32-45,47-49,52,55,59H,1,6,12,26,31,46H2,2H3. The summed E-state index contributed by atoms with van der Waals surface area (Å²) in [5, 5.41) is 21.3. The van der Waals surface area contributed by atoms with Gasteiger partial charge in [0.05, 0.1) is 0 Å². The second-order valence-electron chi connectivity index (χ2n) is 23.1. The lowest BCUT2D eigenvalue weighted by Crippen LogP contribution is -2.10. The molecule has 0 radical (unpaired) electrons. The lowest BCUT2D eigenvalue weighted by molar-refractivity contribution is 0.570. The van der Waals surface area contributed by atoms with Crippen molar-refractivity contribution in [1.82, 2.24) is 0 Å². The maximum Gasteiger partial charge on any atom is 0.00618 e. The predicted molar refractivity (Wildman–Crippen MR) is 351 cm³/mol. The molecule has 0 nitrogen and oxygen atoms in total. The average molecular weight is 1030 g/mol. The lowest BCUT2D eigenvalue weighted by Gasteiger charge is -2.29. The molecule has 0 saturated carbocycles. The minimum Gasteiger partial charge on any atom is -0.0991 e. The Labute approximate surface area is 474 Å². The van der Waals surface area contributed by atoms with E-state index in [1.165, 1.54) is 159 Å². The zero-order valence-corrected chi connectivity index (χ0v) is 45.7. The van der Waals surface area contributed by atoms with Crippen LogP contribution < -0.4 is 0 Å². The Morgan fingerprint density at radius 2 is 1.25 bits per heavy atom. The van der Waals surface area contributed by atoms with Crippen LogP contribution >= 0.6 is 0 Å². The molecule has 3 atom stereocenters. The highest BCUT2D eigenvalue weighted by atomic mass is 14.4. The van der Waals surface area contributed by atoms with Gasteiger partial charge in [0.2, 0.25) is 0 Å². The molecule has 3 aliphatic carbocycles. The quantitative estimate of drug-likeness (QED) is 0.0768. The van der Waals surface area contributed by atoms with Crippen LogP contribution in [-0.4, -0.2) is 0 Å². The van der Waals surface area contributed by atoms with E-state index in [1.54, 1.807) is 0 Å². The van der Waals surface area contributed by atoms with Crippen molar-refractivity contribution in [2.24, 2.45) is 0 Å². The molecule has 0 amide bonds. The Morgan fingerprint density at radius 3 is 2.11 bits per heavy atom. The van der Waals surface area contributed by atoms with Gasteiger partial charge in [-0.05, 0) is 228 Å². The number of hydrogen-bond acceptors (Lipinski definition) is 0. The molecular formula is C81H60. The number of hydrogen-bond donors (Lipinski definition) is 0. The van der Waals surface area contributed by atoms with E-state index >= 15 is 0 Å².